The first-order valence-corrected chi connectivity index (χ1v) is 8.00. The zero-order valence-corrected chi connectivity index (χ0v) is 13.7. The second-order valence-corrected chi connectivity index (χ2v) is 5.83. The summed E-state index contributed by atoms with van der Waals surface area (Å²) in [6, 6.07) is 17.0. The molecular weight excluding hydrogens is 314 g/mol. The van der Waals surface area contributed by atoms with Gasteiger partial charge in [0, 0.05) is 24.8 Å². The van der Waals surface area contributed by atoms with E-state index in [0.29, 0.717) is 5.69 Å². The van der Waals surface area contributed by atoms with Crippen LogP contribution in [0.3, 0.4) is 0 Å². The second-order valence-electron chi connectivity index (χ2n) is 5.83. The van der Waals surface area contributed by atoms with E-state index in [0.717, 1.165) is 22.3 Å². The Morgan fingerprint density at radius 2 is 1.88 bits per heavy atom. The lowest BCUT2D eigenvalue weighted by Gasteiger charge is -2.18. The van der Waals surface area contributed by atoms with Crippen molar-refractivity contribution in [1.29, 1.82) is 0 Å². The summed E-state index contributed by atoms with van der Waals surface area (Å²) >= 11 is 0. The molecule has 4 aromatic rings. The SMILES string of the molecule is Cn1ccnc1[C@@H](NC(=O)c1n[nH]c2ccccc12)c1ccccc1. The molecule has 2 N–H and O–H groups in total. The molecule has 0 saturated carbocycles. The lowest BCUT2D eigenvalue weighted by Crippen LogP contribution is -2.31. The molecule has 1 atom stereocenters. The molecule has 0 aliphatic rings. The molecule has 0 saturated heterocycles. The largest absolute Gasteiger partial charge is 0.337 e. The van der Waals surface area contributed by atoms with E-state index in [-0.39, 0.29) is 11.9 Å². The Kier molecular flexibility index (Phi) is 3.78. The average molecular weight is 331 g/mol. The normalized spacial score (nSPS) is 12.2. The van der Waals surface area contributed by atoms with Crippen LogP contribution in [0.2, 0.25) is 0 Å². The van der Waals surface area contributed by atoms with E-state index in [1.807, 2.05) is 72.4 Å². The van der Waals surface area contributed by atoms with Crippen LogP contribution in [0, 0.1) is 0 Å². The van der Waals surface area contributed by atoms with Crippen LogP contribution in [0.4, 0.5) is 0 Å². The fraction of sp³-hybridized carbons (Fsp3) is 0.105. The zero-order chi connectivity index (χ0) is 17.2. The topological polar surface area (TPSA) is 75.6 Å². The summed E-state index contributed by atoms with van der Waals surface area (Å²) in [6.45, 7) is 0. The van der Waals surface area contributed by atoms with Crippen LogP contribution in [0.25, 0.3) is 10.9 Å². The lowest BCUT2D eigenvalue weighted by atomic mass is 10.1. The minimum Gasteiger partial charge on any atom is -0.337 e. The Labute approximate surface area is 144 Å². The van der Waals surface area contributed by atoms with Gasteiger partial charge in [-0.05, 0) is 11.6 Å². The maximum absolute atomic E-state index is 12.9. The van der Waals surface area contributed by atoms with Gasteiger partial charge in [-0.2, -0.15) is 5.10 Å². The van der Waals surface area contributed by atoms with E-state index in [4.69, 9.17) is 0 Å². The first-order chi connectivity index (χ1) is 12.2. The number of hydrogen-bond acceptors (Lipinski definition) is 3. The molecule has 2 aromatic carbocycles. The molecule has 124 valence electrons. The van der Waals surface area contributed by atoms with Crippen LogP contribution in [0.15, 0.2) is 67.0 Å². The van der Waals surface area contributed by atoms with Crippen molar-refractivity contribution in [1.82, 2.24) is 25.1 Å². The van der Waals surface area contributed by atoms with Crippen LogP contribution >= 0.6 is 0 Å². The number of nitrogens with one attached hydrogen (secondary N) is 2. The number of nitrogens with zero attached hydrogens (tertiary/aromatic N) is 3. The van der Waals surface area contributed by atoms with Crippen molar-refractivity contribution in [2.45, 2.75) is 6.04 Å². The number of aromatic nitrogens is 4. The molecule has 2 aromatic heterocycles. The maximum atomic E-state index is 12.9. The van der Waals surface area contributed by atoms with Gasteiger partial charge >= 0.3 is 0 Å². The van der Waals surface area contributed by atoms with E-state index in [1.54, 1.807) is 6.20 Å². The first-order valence-electron chi connectivity index (χ1n) is 8.00. The Morgan fingerprint density at radius 3 is 2.64 bits per heavy atom. The van der Waals surface area contributed by atoms with Gasteiger partial charge in [0.15, 0.2) is 5.69 Å². The third-order valence-electron chi connectivity index (χ3n) is 4.21. The monoisotopic (exact) mass is 331 g/mol. The summed E-state index contributed by atoms with van der Waals surface area (Å²) < 4.78 is 1.90. The smallest absolute Gasteiger partial charge is 0.273 e. The van der Waals surface area contributed by atoms with Gasteiger partial charge in [-0.15, -0.1) is 0 Å². The van der Waals surface area contributed by atoms with Gasteiger partial charge in [0.2, 0.25) is 0 Å². The molecule has 6 nitrogen and oxygen atoms in total. The summed E-state index contributed by atoms with van der Waals surface area (Å²) in [4.78, 5) is 17.3. The van der Waals surface area contributed by atoms with Gasteiger partial charge in [-0.25, -0.2) is 4.98 Å². The second kappa shape index (κ2) is 6.24. The van der Waals surface area contributed by atoms with Crippen LogP contribution in [-0.4, -0.2) is 25.7 Å². The number of aromatic amines is 1. The van der Waals surface area contributed by atoms with E-state index < -0.39 is 0 Å². The van der Waals surface area contributed by atoms with Crippen molar-refractivity contribution in [2.24, 2.45) is 7.05 Å². The number of H-pyrrole nitrogens is 1. The quantitative estimate of drug-likeness (QED) is 0.604. The Bertz CT molecular complexity index is 1020. The standard InChI is InChI=1S/C19H17N5O/c1-24-12-11-20-18(24)16(13-7-3-2-4-8-13)21-19(25)17-14-9-5-6-10-15(14)22-23-17/h2-12,16H,1H3,(H,21,25)(H,22,23)/t16-/m0/s1. The first kappa shape index (κ1) is 15.1. The summed E-state index contributed by atoms with van der Waals surface area (Å²) in [5.74, 6) is 0.522. The molecule has 0 bridgehead atoms. The van der Waals surface area contributed by atoms with Crippen molar-refractivity contribution in [3.8, 4) is 0 Å². The molecule has 0 aliphatic carbocycles. The molecular formula is C19H17N5O. The zero-order valence-electron chi connectivity index (χ0n) is 13.7. The number of rotatable bonds is 4. The van der Waals surface area contributed by atoms with Crippen LogP contribution in [-0.2, 0) is 7.05 Å². The molecule has 4 rings (SSSR count). The third-order valence-corrected chi connectivity index (χ3v) is 4.21. The number of amides is 1. The van der Waals surface area contributed by atoms with Gasteiger partial charge in [-0.3, -0.25) is 9.89 Å². The minimum absolute atomic E-state index is 0.241. The van der Waals surface area contributed by atoms with Crippen LogP contribution < -0.4 is 5.32 Å². The summed E-state index contributed by atoms with van der Waals surface area (Å²) in [5, 5.41) is 10.9. The molecule has 2 heterocycles. The number of imidazole rings is 1. The van der Waals surface area contributed by atoms with Gasteiger partial charge in [0.25, 0.3) is 5.91 Å². The fourth-order valence-corrected chi connectivity index (χ4v) is 2.93. The maximum Gasteiger partial charge on any atom is 0.273 e. The third kappa shape index (κ3) is 2.78. The Morgan fingerprint density at radius 1 is 1.12 bits per heavy atom. The summed E-state index contributed by atoms with van der Waals surface area (Å²) in [6.07, 6.45) is 3.59. The highest BCUT2D eigenvalue weighted by atomic mass is 16.2. The number of benzene rings is 2. The van der Waals surface area contributed by atoms with Crippen molar-refractivity contribution >= 4 is 16.8 Å². The van der Waals surface area contributed by atoms with E-state index >= 15 is 0 Å². The van der Waals surface area contributed by atoms with Crippen LogP contribution in [0.5, 0.6) is 0 Å². The van der Waals surface area contributed by atoms with Crippen LogP contribution in [0.1, 0.15) is 27.9 Å². The highest BCUT2D eigenvalue weighted by Crippen LogP contribution is 2.22. The highest BCUT2D eigenvalue weighted by Gasteiger charge is 2.23. The molecule has 0 unspecified atom stereocenters. The summed E-state index contributed by atoms with van der Waals surface area (Å²) in [5.41, 5.74) is 2.18. The van der Waals surface area contributed by atoms with Crippen molar-refractivity contribution < 1.29 is 4.79 Å². The van der Waals surface area contributed by atoms with E-state index in [9.17, 15) is 4.79 Å². The molecule has 0 fully saturated rings. The number of fused-ring (bicyclic) bond motifs is 1. The number of para-hydroxylation sites is 1. The van der Waals surface area contributed by atoms with Gasteiger partial charge in [0.1, 0.15) is 11.9 Å². The number of aryl methyl sites for hydroxylation is 1. The molecule has 0 radical (unpaired) electrons. The molecule has 0 aliphatic heterocycles. The van der Waals surface area contributed by atoms with E-state index in [2.05, 4.69) is 20.5 Å². The summed E-state index contributed by atoms with van der Waals surface area (Å²) in [7, 11) is 1.91. The highest BCUT2D eigenvalue weighted by molar-refractivity contribution is 6.04. The van der Waals surface area contributed by atoms with Crippen molar-refractivity contribution in [3.63, 3.8) is 0 Å². The minimum atomic E-state index is -0.357. The number of carbonyl (C=O) groups is 1. The van der Waals surface area contributed by atoms with E-state index in [1.165, 1.54) is 0 Å². The van der Waals surface area contributed by atoms with Crippen molar-refractivity contribution in [3.05, 3.63) is 84.1 Å². The average Bonchev–Trinajstić information content (AvgIpc) is 3.26. The molecule has 6 heteroatoms. The van der Waals surface area contributed by atoms with Gasteiger partial charge < -0.3 is 9.88 Å². The molecule has 1 amide bonds. The predicted molar refractivity (Wildman–Crippen MR) is 95.1 cm³/mol. The Hall–Kier alpha value is -3.41. The number of hydrogen-bond donors (Lipinski definition) is 2. The molecule has 25 heavy (non-hydrogen) atoms. The Balaban J connectivity index is 1.72. The molecule has 0 spiro atoms. The van der Waals surface area contributed by atoms with Gasteiger partial charge in [-0.1, -0.05) is 48.5 Å². The number of carbonyl (C=O) groups excluding carboxylic acids is 1. The predicted octanol–water partition coefficient (Wildman–Crippen LogP) is 2.82. The van der Waals surface area contributed by atoms with Crippen molar-refractivity contribution in [2.75, 3.05) is 0 Å². The fourth-order valence-electron chi connectivity index (χ4n) is 2.93. The van der Waals surface area contributed by atoms with Gasteiger partial charge in [0.05, 0.1) is 5.52 Å². The lowest BCUT2D eigenvalue weighted by molar-refractivity contribution is 0.0937.